The van der Waals surface area contributed by atoms with Crippen molar-refractivity contribution in [2.75, 3.05) is 19.8 Å². The lowest BCUT2D eigenvalue weighted by Gasteiger charge is -2.14. The summed E-state index contributed by atoms with van der Waals surface area (Å²) in [6.07, 6.45) is -0.0596. The zero-order valence-corrected chi connectivity index (χ0v) is 12.8. The highest BCUT2D eigenvalue weighted by Gasteiger charge is 2.12. The summed E-state index contributed by atoms with van der Waals surface area (Å²) in [5.41, 5.74) is 5.73. The fraction of sp³-hybridized carbons (Fsp3) is 0.286. The second kappa shape index (κ2) is 7.65. The van der Waals surface area contributed by atoms with Crippen molar-refractivity contribution in [3.8, 4) is 5.75 Å². The first-order valence-electron chi connectivity index (χ1n) is 6.04. The number of benzene rings is 1. The lowest BCUT2D eigenvalue weighted by Crippen LogP contribution is -2.18. The predicted octanol–water partition coefficient (Wildman–Crippen LogP) is 3.61. The van der Waals surface area contributed by atoms with Crippen molar-refractivity contribution in [1.82, 2.24) is 0 Å². The van der Waals surface area contributed by atoms with Gasteiger partial charge < -0.3 is 15.2 Å². The molecule has 0 aliphatic carbocycles. The Balaban J connectivity index is 1.75. The molecule has 0 saturated carbocycles. The van der Waals surface area contributed by atoms with Gasteiger partial charge in [0.15, 0.2) is 0 Å². The van der Waals surface area contributed by atoms with Gasteiger partial charge in [-0.1, -0.05) is 18.2 Å². The van der Waals surface area contributed by atoms with E-state index in [9.17, 15) is 0 Å². The first-order chi connectivity index (χ1) is 9.29. The van der Waals surface area contributed by atoms with Crippen molar-refractivity contribution in [3.63, 3.8) is 0 Å². The van der Waals surface area contributed by atoms with Gasteiger partial charge in [0.05, 0.1) is 10.4 Å². The van der Waals surface area contributed by atoms with Crippen molar-refractivity contribution in [2.24, 2.45) is 5.73 Å². The maximum Gasteiger partial charge on any atom is 0.119 e. The lowest BCUT2D eigenvalue weighted by atomic mass is 10.3. The molecule has 1 unspecified atom stereocenters. The van der Waals surface area contributed by atoms with Gasteiger partial charge in [0.2, 0.25) is 0 Å². The van der Waals surface area contributed by atoms with Gasteiger partial charge in [-0.2, -0.15) is 0 Å². The highest BCUT2D eigenvalue weighted by molar-refractivity contribution is 9.11. The first-order valence-corrected chi connectivity index (χ1v) is 7.65. The topological polar surface area (TPSA) is 44.5 Å². The van der Waals surface area contributed by atoms with Crippen LogP contribution in [0.15, 0.2) is 46.3 Å². The fourth-order valence-electron chi connectivity index (χ4n) is 1.63. The van der Waals surface area contributed by atoms with E-state index in [0.29, 0.717) is 19.8 Å². The summed E-state index contributed by atoms with van der Waals surface area (Å²) in [6.45, 7) is 1.51. The average molecular weight is 342 g/mol. The molecule has 2 N–H and O–H groups in total. The number of rotatable bonds is 7. The summed E-state index contributed by atoms with van der Waals surface area (Å²) in [5, 5.41) is 0. The molecule has 0 aliphatic rings. The number of thiophene rings is 1. The number of para-hydroxylation sites is 1. The predicted molar refractivity (Wildman–Crippen MR) is 81.7 cm³/mol. The molecule has 1 aromatic carbocycles. The molecule has 0 fully saturated rings. The summed E-state index contributed by atoms with van der Waals surface area (Å²) in [5.74, 6) is 0.856. The van der Waals surface area contributed by atoms with Gasteiger partial charge in [-0.3, -0.25) is 0 Å². The maximum atomic E-state index is 5.75. The van der Waals surface area contributed by atoms with Crippen molar-refractivity contribution in [1.29, 1.82) is 0 Å². The van der Waals surface area contributed by atoms with Crippen molar-refractivity contribution in [2.45, 2.75) is 6.10 Å². The summed E-state index contributed by atoms with van der Waals surface area (Å²) in [7, 11) is 0. The van der Waals surface area contributed by atoms with Crippen LogP contribution in [-0.4, -0.2) is 19.8 Å². The summed E-state index contributed by atoms with van der Waals surface area (Å²) >= 11 is 5.09. The smallest absolute Gasteiger partial charge is 0.119 e. The molecule has 0 amide bonds. The third kappa shape index (κ3) is 4.62. The molecule has 3 nitrogen and oxygen atoms in total. The summed E-state index contributed by atoms with van der Waals surface area (Å²) in [4.78, 5) is 1.13. The molecule has 1 aromatic heterocycles. The second-order valence-electron chi connectivity index (χ2n) is 3.90. The van der Waals surface area contributed by atoms with Gasteiger partial charge >= 0.3 is 0 Å². The number of hydrogen-bond donors (Lipinski definition) is 1. The molecule has 1 atom stereocenters. The summed E-state index contributed by atoms with van der Waals surface area (Å²) in [6, 6.07) is 13.7. The normalized spacial score (nSPS) is 12.3. The van der Waals surface area contributed by atoms with E-state index in [1.807, 2.05) is 42.5 Å². The average Bonchev–Trinajstić information content (AvgIpc) is 2.86. The van der Waals surface area contributed by atoms with E-state index in [2.05, 4.69) is 15.9 Å². The first kappa shape index (κ1) is 14.5. The third-order valence-electron chi connectivity index (χ3n) is 2.54. The Labute approximate surface area is 125 Å². The lowest BCUT2D eigenvalue weighted by molar-refractivity contribution is 0.0401. The van der Waals surface area contributed by atoms with E-state index >= 15 is 0 Å². The van der Waals surface area contributed by atoms with Crippen LogP contribution in [0.2, 0.25) is 0 Å². The Morgan fingerprint density at radius 2 is 1.89 bits per heavy atom. The van der Waals surface area contributed by atoms with Gasteiger partial charge in [-0.25, -0.2) is 0 Å². The minimum Gasteiger partial charge on any atom is -0.491 e. The maximum absolute atomic E-state index is 5.75. The fourth-order valence-corrected chi connectivity index (χ4v) is 3.12. The van der Waals surface area contributed by atoms with Crippen LogP contribution >= 0.6 is 27.3 Å². The van der Waals surface area contributed by atoms with Crippen LogP contribution in [0.4, 0.5) is 0 Å². The van der Waals surface area contributed by atoms with Gasteiger partial charge in [0, 0.05) is 11.4 Å². The Bertz CT molecular complexity index is 489. The van der Waals surface area contributed by atoms with Crippen LogP contribution in [0.1, 0.15) is 11.0 Å². The van der Waals surface area contributed by atoms with Crippen molar-refractivity contribution < 1.29 is 9.47 Å². The standard InChI is InChI=1S/C14H16BrNO2S/c15-14-7-6-13(19-14)12(10-16)18-9-8-17-11-4-2-1-3-5-11/h1-7,12H,8-10,16H2. The minimum atomic E-state index is -0.0596. The van der Waals surface area contributed by atoms with Gasteiger partial charge in [-0.15, -0.1) is 11.3 Å². The molecule has 2 rings (SSSR count). The Kier molecular flexibility index (Phi) is 5.85. The largest absolute Gasteiger partial charge is 0.491 e. The molecular weight excluding hydrogens is 326 g/mol. The van der Waals surface area contributed by atoms with Gasteiger partial charge in [0.1, 0.15) is 18.5 Å². The molecular formula is C14H16BrNO2S. The molecule has 0 radical (unpaired) electrons. The summed E-state index contributed by atoms with van der Waals surface area (Å²) < 4.78 is 12.4. The number of halogens is 1. The molecule has 1 heterocycles. The van der Waals surface area contributed by atoms with E-state index < -0.39 is 0 Å². The zero-order valence-electron chi connectivity index (χ0n) is 10.4. The number of nitrogens with two attached hydrogens (primary N) is 1. The molecule has 0 spiro atoms. The quantitative estimate of drug-likeness (QED) is 0.782. The van der Waals surface area contributed by atoms with Crippen LogP contribution in [0, 0.1) is 0 Å². The van der Waals surface area contributed by atoms with Gasteiger partial charge in [-0.05, 0) is 40.2 Å². The molecule has 0 aliphatic heterocycles. The highest BCUT2D eigenvalue weighted by Crippen LogP contribution is 2.28. The van der Waals surface area contributed by atoms with E-state index in [0.717, 1.165) is 14.4 Å². The van der Waals surface area contributed by atoms with Crippen LogP contribution in [0.3, 0.4) is 0 Å². The molecule has 0 bridgehead atoms. The van der Waals surface area contributed by atoms with Gasteiger partial charge in [0.25, 0.3) is 0 Å². The Morgan fingerprint density at radius 3 is 2.53 bits per heavy atom. The van der Waals surface area contributed by atoms with Crippen LogP contribution in [0.25, 0.3) is 0 Å². The Hall–Kier alpha value is -0.880. The Morgan fingerprint density at radius 1 is 1.11 bits per heavy atom. The van der Waals surface area contributed by atoms with E-state index in [1.165, 1.54) is 0 Å². The molecule has 5 heteroatoms. The molecule has 102 valence electrons. The van der Waals surface area contributed by atoms with E-state index in [4.69, 9.17) is 15.2 Å². The SMILES string of the molecule is NCC(OCCOc1ccccc1)c1ccc(Br)s1. The molecule has 0 saturated heterocycles. The highest BCUT2D eigenvalue weighted by atomic mass is 79.9. The van der Waals surface area contributed by atoms with E-state index in [-0.39, 0.29) is 6.10 Å². The van der Waals surface area contributed by atoms with Crippen LogP contribution < -0.4 is 10.5 Å². The minimum absolute atomic E-state index is 0.0596. The molecule has 19 heavy (non-hydrogen) atoms. The molecule has 2 aromatic rings. The van der Waals surface area contributed by atoms with Crippen LogP contribution in [0.5, 0.6) is 5.75 Å². The second-order valence-corrected chi connectivity index (χ2v) is 6.39. The van der Waals surface area contributed by atoms with Crippen LogP contribution in [-0.2, 0) is 4.74 Å². The van der Waals surface area contributed by atoms with Crippen molar-refractivity contribution in [3.05, 3.63) is 51.1 Å². The monoisotopic (exact) mass is 341 g/mol. The third-order valence-corrected chi connectivity index (χ3v) is 4.26. The number of ether oxygens (including phenoxy) is 2. The number of hydrogen-bond acceptors (Lipinski definition) is 4. The van der Waals surface area contributed by atoms with E-state index in [1.54, 1.807) is 11.3 Å². The zero-order chi connectivity index (χ0) is 13.5. The van der Waals surface area contributed by atoms with Crippen molar-refractivity contribution >= 4 is 27.3 Å².